The molecular weight excluding hydrogens is 364 g/mol. The van der Waals surface area contributed by atoms with Gasteiger partial charge in [-0.25, -0.2) is 4.68 Å². The van der Waals surface area contributed by atoms with E-state index in [0.717, 1.165) is 29.8 Å². The Bertz CT molecular complexity index is 849. The summed E-state index contributed by atoms with van der Waals surface area (Å²) in [6, 6.07) is 9.91. The lowest BCUT2D eigenvalue weighted by Crippen LogP contribution is -2.38. The van der Waals surface area contributed by atoms with Crippen molar-refractivity contribution in [3.8, 4) is 5.69 Å². The normalized spacial score (nSPS) is 11.4. The van der Waals surface area contributed by atoms with Crippen molar-refractivity contribution in [1.82, 2.24) is 14.7 Å². The zero-order valence-electron chi connectivity index (χ0n) is 18.6. The second-order valence-electron chi connectivity index (χ2n) is 8.48. The van der Waals surface area contributed by atoms with Gasteiger partial charge in [0.2, 0.25) is 11.8 Å². The van der Waals surface area contributed by atoms with Gasteiger partial charge in [-0.1, -0.05) is 46.2 Å². The highest BCUT2D eigenvalue weighted by molar-refractivity contribution is 5.94. The predicted octanol–water partition coefficient (Wildman–Crippen LogP) is 4.46. The van der Waals surface area contributed by atoms with Crippen molar-refractivity contribution in [2.45, 2.75) is 66.2 Å². The molecule has 6 nitrogen and oxygen atoms in total. The van der Waals surface area contributed by atoms with Crippen molar-refractivity contribution in [3.05, 3.63) is 41.6 Å². The lowest BCUT2D eigenvalue weighted by Gasteiger charge is -2.20. The molecule has 1 heterocycles. The van der Waals surface area contributed by atoms with Crippen LogP contribution in [0, 0.1) is 6.92 Å². The van der Waals surface area contributed by atoms with E-state index in [9.17, 15) is 9.59 Å². The third kappa shape index (κ3) is 6.17. The average Bonchev–Trinajstić information content (AvgIpc) is 3.08. The van der Waals surface area contributed by atoms with E-state index in [4.69, 9.17) is 5.10 Å². The molecule has 0 atom stereocenters. The minimum Gasteiger partial charge on any atom is -0.334 e. The number of carbonyl (C=O) groups excluding carboxylic acids is 2. The summed E-state index contributed by atoms with van der Waals surface area (Å²) in [7, 11) is 0. The van der Waals surface area contributed by atoms with Crippen molar-refractivity contribution in [3.63, 3.8) is 0 Å². The molecule has 2 amide bonds. The molecule has 2 aromatic rings. The molecule has 29 heavy (non-hydrogen) atoms. The Labute approximate surface area is 174 Å². The Morgan fingerprint density at radius 2 is 1.90 bits per heavy atom. The first-order chi connectivity index (χ1) is 13.7. The monoisotopic (exact) mass is 398 g/mol. The zero-order valence-corrected chi connectivity index (χ0v) is 18.6. The largest absolute Gasteiger partial charge is 0.334 e. The molecule has 0 spiro atoms. The number of nitrogens with one attached hydrogen (secondary N) is 1. The first-order valence-corrected chi connectivity index (χ1v) is 10.4. The summed E-state index contributed by atoms with van der Waals surface area (Å²) in [5, 5.41) is 7.71. The molecule has 0 saturated carbocycles. The Balaban J connectivity index is 2.25. The summed E-state index contributed by atoms with van der Waals surface area (Å²) in [4.78, 5) is 26.6. The fourth-order valence-corrected chi connectivity index (χ4v) is 3.01. The number of unbranched alkanes of at least 4 members (excludes halogenated alkanes) is 1. The molecule has 1 aromatic heterocycles. The van der Waals surface area contributed by atoms with Crippen molar-refractivity contribution in [2.24, 2.45) is 0 Å². The molecule has 0 aliphatic rings. The quantitative estimate of drug-likeness (QED) is 0.714. The number of amides is 2. The molecular formula is C23H34N4O2. The number of benzene rings is 1. The number of aryl methyl sites for hydroxylation is 1. The summed E-state index contributed by atoms with van der Waals surface area (Å²) in [6.07, 6.45) is 2.28. The molecule has 0 saturated heterocycles. The van der Waals surface area contributed by atoms with E-state index in [-0.39, 0.29) is 23.8 Å². The molecule has 0 bridgehead atoms. The molecule has 0 radical (unpaired) electrons. The fourth-order valence-electron chi connectivity index (χ4n) is 3.01. The highest BCUT2D eigenvalue weighted by Crippen LogP contribution is 2.26. The zero-order chi connectivity index (χ0) is 21.6. The van der Waals surface area contributed by atoms with Gasteiger partial charge in [-0.15, -0.1) is 0 Å². The van der Waals surface area contributed by atoms with Gasteiger partial charge < -0.3 is 10.2 Å². The maximum absolute atomic E-state index is 12.7. The molecule has 2 rings (SSSR count). The van der Waals surface area contributed by atoms with Crippen LogP contribution in [0.15, 0.2) is 30.3 Å². The number of hydrogen-bond donors (Lipinski definition) is 1. The molecule has 0 aliphatic heterocycles. The van der Waals surface area contributed by atoms with Gasteiger partial charge in [-0.2, -0.15) is 5.10 Å². The lowest BCUT2D eigenvalue weighted by atomic mass is 9.92. The second-order valence-corrected chi connectivity index (χ2v) is 8.48. The molecule has 158 valence electrons. The number of nitrogens with zero attached hydrogens (tertiary/aromatic N) is 3. The second kappa shape index (κ2) is 9.72. The number of rotatable bonds is 8. The van der Waals surface area contributed by atoms with Crippen LogP contribution < -0.4 is 5.32 Å². The number of likely N-dealkylation sites (N-methyl/N-ethyl adjacent to an activating group) is 1. The van der Waals surface area contributed by atoms with Crippen molar-refractivity contribution < 1.29 is 9.59 Å². The van der Waals surface area contributed by atoms with Crippen LogP contribution in [-0.4, -0.2) is 39.6 Å². The summed E-state index contributed by atoms with van der Waals surface area (Å²) < 4.78 is 1.76. The molecule has 1 N–H and O–H groups in total. The van der Waals surface area contributed by atoms with Gasteiger partial charge in [0.15, 0.2) is 0 Å². The van der Waals surface area contributed by atoms with Gasteiger partial charge in [0.05, 0.1) is 17.9 Å². The van der Waals surface area contributed by atoms with Gasteiger partial charge >= 0.3 is 0 Å². The van der Waals surface area contributed by atoms with Gasteiger partial charge in [-0.05, 0) is 38.0 Å². The Morgan fingerprint density at radius 3 is 2.48 bits per heavy atom. The highest BCUT2D eigenvalue weighted by atomic mass is 16.2. The average molecular weight is 399 g/mol. The number of aromatic nitrogens is 2. The lowest BCUT2D eigenvalue weighted by molar-refractivity contribution is -0.134. The highest BCUT2D eigenvalue weighted by Gasteiger charge is 2.22. The standard InChI is InChI=1S/C23H34N4O2/c1-7-9-13-22(29)26(8-2)16-21(28)24-20-15-19(23(4,5)6)25-27(20)18-12-10-11-17(3)14-18/h10-12,14-15H,7-9,13,16H2,1-6H3,(H,24,28). The Hall–Kier alpha value is -2.63. The van der Waals surface area contributed by atoms with E-state index in [2.05, 4.69) is 33.0 Å². The van der Waals surface area contributed by atoms with Crippen LogP contribution in [-0.2, 0) is 15.0 Å². The molecule has 0 unspecified atom stereocenters. The van der Waals surface area contributed by atoms with E-state index in [1.165, 1.54) is 0 Å². The van der Waals surface area contributed by atoms with Crippen molar-refractivity contribution >= 4 is 17.6 Å². The molecule has 0 aliphatic carbocycles. The van der Waals surface area contributed by atoms with E-state index in [1.54, 1.807) is 9.58 Å². The number of carbonyl (C=O) groups is 2. The van der Waals surface area contributed by atoms with E-state index < -0.39 is 0 Å². The minimum absolute atomic E-state index is 0.0204. The van der Waals surface area contributed by atoms with Crippen LogP contribution >= 0.6 is 0 Å². The Morgan fingerprint density at radius 1 is 1.17 bits per heavy atom. The third-order valence-electron chi connectivity index (χ3n) is 4.80. The van der Waals surface area contributed by atoms with Gasteiger partial charge in [-0.3, -0.25) is 9.59 Å². The van der Waals surface area contributed by atoms with Gasteiger partial charge in [0.25, 0.3) is 0 Å². The summed E-state index contributed by atoms with van der Waals surface area (Å²) in [6.45, 7) is 12.8. The maximum Gasteiger partial charge on any atom is 0.245 e. The van der Waals surface area contributed by atoms with Gasteiger partial charge in [0.1, 0.15) is 5.82 Å². The Kier molecular flexibility index (Phi) is 7.59. The topological polar surface area (TPSA) is 67.2 Å². The van der Waals surface area contributed by atoms with Crippen molar-refractivity contribution in [1.29, 1.82) is 0 Å². The number of hydrogen-bond acceptors (Lipinski definition) is 3. The summed E-state index contributed by atoms with van der Waals surface area (Å²) in [5.74, 6) is 0.417. The predicted molar refractivity (Wildman–Crippen MR) is 117 cm³/mol. The fraction of sp³-hybridized carbons (Fsp3) is 0.522. The number of anilines is 1. The van der Waals surface area contributed by atoms with Crippen LogP contribution in [0.4, 0.5) is 5.82 Å². The van der Waals surface area contributed by atoms with Crippen LogP contribution in [0.5, 0.6) is 0 Å². The van der Waals surface area contributed by atoms with Crippen LogP contribution in [0.2, 0.25) is 0 Å². The molecule has 0 fully saturated rings. The maximum atomic E-state index is 12.7. The summed E-state index contributed by atoms with van der Waals surface area (Å²) in [5.41, 5.74) is 2.74. The third-order valence-corrected chi connectivity index (χ3v) is 4.80. The first-order valence-electron chi connectivity index (χ1n) is 10.4. The SMILES string of the molecule is CCCCC(=O)N(CC)CC(=O)Nc1cc(C(C)(C)C)nn1-c1cccc(C)c1. The van der Waals surface area contributed by atoms with E-state index in [1.807, 2.05) is 44.2 Å². The van der Waals surface area contributed by atoms with Crippen molar-refractivity contribution in [2.75, 3.05) is 18.4 Å². The molecule has 1 aromatic carbocycles. The first kappa shape index (κ1) is 22.7. The van der Waals surface area contributed by atoms with Crippen LogP contribution in [0.25, 0.3) is 5.69 Å². The smallest absolute Gasteiger partial charge is 0.245 e. The molecule has 6 heteroatoms. The minimum atomic E-state index is -0.217. The van der Waals surface area contributed by atoms with E-state index in [0.29, 0.717) is 18.8 Å². The van der Waals surface area contributed by atoms with Gasteiger partial charge in [0, 0.05) is 24.4 Å². The van der Waals surface area contributed by atoms with E-state index >= 15 is 0 Å². The van der Waals surface area contributed by atoms with Crippen LogP contribution in [0.3, 0.4) is 0 Å². The van der Waals surface area contributed by atoms with Crippen LogP contribution in [0.1, 0.15) is 65.1 Å². The summed E-state index contributed by atoms with van der Waals surface area (Å²) >= 11 is 0.